The molecule has 1 unspecified atom stereocenters. The SMILES string of the molecule is O=C(O)C(F)(F)C(O)c1ccc(Br)cc1Cl. The molecule has 0 radical (unpaired) electrons. The van der Waals surface area contributed by atoms with E-state index in [1.165, 1.54) is 12.1 Å². The second kappa shape index (κ2) is 4.65. The van der Waals surface area contributed by atoms with E-state index < -0.39 is 18.0 Å². The summed E-state index contributed by atoms with van der Waals surface area (Å²) in [4.78, 5) is 10.3. The first-order valence-corrected chi connectivity index (χ1v) is 5.18. The van der Waals surface area contributed by atoms with Gasteiger partial charge in [-0.1, -0.05) is 33.6 Å². The number of aliphatic hydroxyl groups is 1. The van der Waals surface area contributed by atoms with Gasteiger partial charge in [-0.2, -0.15) is 8.78 Å². The van der Waals surface area contributed by atoms with Crippen LogP contribution < -0.4 is 0 Å². The largest absolute Gasteiger partial charge is 0.477 e. The Balaban J connectivity index is 3.14. The van der Waals surface area contributed by atoms with Crippen LogP contribution in [-0.2, 0) is 4.79 Å². The van der Waals surface area contributed by atoms with Crippen molar-refractivity contribution < 1.29 is 23.8 Å². The van der Waals surface area contributed by atoms with Crippen molar-refractivity contribution in [3.8, 4) is 0 Å². The quantitative estimate of drug-likeness (QED) is 0.902. The number of halogens is 4. The van der Waals surface area contributed by atoms with Crippen LogP contribution in [0.2, 0.25) is 5.02 Å². The lowest BCUT2D eigenvalue weighted by atomic mass is 10.0. The van der Waals surface area contributed by atoms with E-state index in [9.17, 15) is 18.7 Å². The van der Waals surface area contributed by atoms with Crippen LogP contribution in [0.25, 0.3) is 0 Å². The Bertz CT molecular complexity index is 425. The highest BCUT2D eigenvalue weighted by atomic mass is 79.9. The highest BCUT2D eigenvalue weighted by Gasteiger charge is 2.48. The van der Waals surface area contributed by atoms with Crippen LogP contribution in [0.1, 0.15) is 11.7 Å². The first-order chi connectivity index (χ1) is 7.26. The molecule has 0 aliphatic heterocycles. The van der Waals surface area contributed by atoms with E-state index in [2.05, 4.69) is 15.9 Å². The van der Waals surface area contributed by atoms with Gasteiger partial charge < -0.3 is 10.2 Å². The fourth-order valence-corrected chi connectivity index (χ4v) is 1.81. The second-order valence-electron chi connectivity index (χ2n) is 3.00. The zero-order valence-electron chi connectivity index (χ0n) is 7.62. The third kappa shape index (κ3) is 2.50. The van der Waals surface area contributed by atoms with Crippen LogP contribution in [-0.4, -0.2) is 22.1 Å². The number of hydrogen-bond donors (Lipinski definition) is 2. The van der Waals surface area contributed by atoms with E-state index in [1.54, 1.807) is 0 Å². The number of rotatable bonds is 3. The molecular formula is C9H6BrClF2O3. The normalized spacial score (nSPS) is 13.6. The standard InChI is InChI=1S/C9H6BrClF2O3/c10-4-1-2-5(6(11)3-4)7(14)9(12,13)8(15)16/h1-3,7,14H,(H,15,16). The lowest BCUT2D eigenvalue weighted by molar-refractivity contribution is -0.182. The van der Waals surface area contributed by atoms with Gasteiger partial charge in [0, 0.05) is 15.1 Å². The Morgan fingerprint density at radius 2 is 2.06 bits per heavy atom. The van der Waals surface area contributed by atoms with Gasteiger partial charge in [0.25, 0.3) is 0 Å². The maximum Gasteiger partial charge on any atom is 0.377 e. The zero-order valence-corrected chi connectivity index (χ0v) is 9.97. The van der Waals surface area contributed by atoms with Crippen LogP contribution in [0.3, 0.4) is 0 Å². The Morgan fingerprint density at radius 1 is 1.50 bits per heavy atom. The van der Waals surface area contributed by atoms with Crippen molar-refractivity contribution in [1.82, 2.24) is 0 Å². The van der Waals surface area contributed by atoms with Crippen LogP contribution in [0, 0.1) is 0 Å². The lowest BCUT2D eigenvalue weighted by Gasteiger charge is -2.19. The molecule has 0 bridgehead atoms. The van der Waals surface area contributed by atoms with Crippen molar-refractivity contribution in [2.45, 2.75) is 12.0 Å². The minimum Gasteiger partial charge on any atom is -0.477 e. The monoisotopic (exact) mass is 314 g/mol. The van der Waals surface area contributed by atoms with Crippen molar-refractivity contribution in [3.05, 3.63) is 33.3 Å². The first kappa shape index (κ1) is 13.3. The number of benzene rings is 1. The molecule has 0 aliphatic carbocycles. The first-order valence-electron chi connectivity index (χ1n) is 4.01. The third-order valence-corrected chi connectivity index (χ3v) is 2.71. The van der Waals surface area contributed by atoms with E-state index in [4.69, 9.17) is 16.7 Å². The van der Waals surface area contributed by atoms with E-state index in [-0.39, 0.29) is 10.6 Å². The summed E-state index contributed by atoms with van der Waals surface area (Å²) in [5.41, 5.74) is -0.336. The Kier molecular flexibility index (Phi) is 3.88. The predicted octanol–water partition coefficient (Wildman–Crippen LogP) is 2.86. The van der Waals surface area contributed by atoms with Gasteiger partial charge in [0.2, 0.25) is 0 Å². The second-order valence-corrected chi connectivity index (χ2v) is 4.32. The molecule has 1 aromatic carbocycles. The molecule has 1 atom stereocenters. The Hall–Kier alpha value is -0.720. The maximum atomic E-state index is 13.0. The molecule has 0 saturated carbocycles. The summed E-state index contributed by atoms with van der Waals surface area (Å²) in [6.45, 7) is 0. The van der Waals surface area contributed by atoms with Crippen LogP contribution >= 0.6 is 27.5 Å². The molecule has 1 aromatic rings. The van der Waals surface area contributed by atoms with Crippen LogP contribution in [0.4, 0.5) is 8.78 Å². The molecule has 0 spiro atoms. The topological polar surface area (TPSA) is 57.5 Å². The average Bonchev–Trinajstić information content (AvgIpc) is 2.16. The van der Waals surface area contributed by atoms with Crippen molar-refractivity contribution in [2.24, 2.45) is 0 Å². The van der Waals surface area contributed by atoms with Gasteiger partial charge in [0.05, 0.1) is 0 Å². The van der Waals surface area contributed by atoms with E-state index in [1.807, 2.05) is 0 Å². The minimum absolute atomic E-state index is 0.136. The molecule has 1 rings (SSSR count). The highest BCUT2D eigenvalue weighted by Crippen LogP contribution is 2.36. The molecule has 7 heteroatoms. The average molecular weight is 315 g/mol. The van der Waals surface area contributed by atoms with Gasteiger partial charge >= 0.3 is 11.9 Å². The summed E-state index contributed by atoms with van der Waals surface area (Å²) in [5, 5.41) is 17.4. The van der Waals surface area contributed by atoms with Crippen molar-refractivity contribution in [2.75, 3.05) is 0 Å². The van der Waals surface area contributed by atoms with Crippen LogP contribution in [0.15, 0.2) is 22.7 Å². The number of aliphatic carboxylic acids is 1. The summed E-state index contributed by atoms with van der Waals surface area (Å²) < 4.78 is 26.5. The number of aliphatic hydroxyl groups excluding tert-OH is 1. The number of carboxylic acids is 1. The Morgan fingerprint density at radius 3 is 2.50 bits per heavy atom. The summed E-state index contributed by atoms with van der Waals surface area (Å²) in [6.07, 6.45) is -2.48. The summed E-state index contributed by atoms with van der Waals surface area (Å²) in [5.74, 6) is -6.68. The molecule has 16 heavy (non-hydrogen) atoms. The fraction of sp³-hybridized carbons (Fsp3) is 0.222. The molecule has 0 amide bonds. The number of hydrogen-bond acceptors (Lipinski definition) is 2. The van der Waals surface area contributed by atoms with Gasteiger partial charge in [-0.25, -0.2) is 4.79 Å². The maximum absolute atomic E-state index is 13.0. The predicted molar refractivity (Wildman–Crippen MR) is 56.7 cm³/mol. The molecule has 0 fully saturated rings. The van der Waals surface area contributed by atoms with Gasteiger partial charge in [-0.05, 0) is 12.1 Å². The van der Waals surface area contributed by atoms with Gasteiger partial charge in [-0.15, -0.1) is 0 Å². The molecule has 3 nitrogen and oxygen atoms in total. The van der Waals surface area contributed by atoms with E-state index in [0.717, 1.165) is 6.07 Å². The number of alkyl halides is 2. The third-order valence-electron chi connectivity index (χ3n) is 1.89. The highest BCUT2D eigenvalue weighted by molar-refractivity contribution is 9.10. The van der Waals surface area contributed by atoms with Crippen molar-refractivity contribution in [1.29, 1.82) is 0 Å². The summed E-state index contributed by atoms with van der Waals surface area (Å²) >= 11 is 8.67. The molecule has 0 heterocycles. The number of carbonyl (C=O) groups is 1. The Labute approximate surface area is 103 Å². The molecule has 0 saturated heterocycles. The van der Waals surface area contributed by atoms with E-state index in [0.29, 0.717) is 4.47 Å². The zero-order chi connectivity index (χ0) is 12.5. The fourth-order valence-electron chi connectivity index (χ4n) is 1.04. The smallest absolute Gasteiger partial charge is 0.377 e. The molecule has 0 aliphatic rings. The molecular weight excluding hydrogens is 309 g/mol. The van der Waals surface area contributed by atoms with Gasteiger partial charge in [-0.3, -0.25) is 0 Å². The van der Waals surface area contributed by atoms with Gasteiger partial charge in [0.15, 0.2) is 6.10 Å². The van der Waals surface area contributed by atoms with Gasteiger partial charge in [0.1, 0.15) is 0 Å². The van der Waals surface area contributed by atoms with Crippen molar-refractivity contribution in [3.63, 3.8) is 0 Å². The van der Waals surface area contributed by atoms with Crippen LogP contribution in [0.5, 0.6) is 0 Å². The number of carboxylic acid groups (broad SMARTS) is 1. The minimum atomic E-state index is -4.28. The molecule has 2 N–H and O–H groups in total. The van der Waals surface area contributed by atoms with E-state index >= 15 is 0 Å². The molecule has 88 valence electrons. The van der Waals surface area contributed by atoms with Crippen molar-refractivity contribution >= 4 is 33.5 Å². The summed E-state index contributed by atoms with van der Waals surface area (Å²) in [6, 6.07) is 3.80. The lowest BCUT2D eigenvalue weighted by Crippen LogP contribution is -2.35. The summed E-state index contributed by atoms with van der Waals surface area (Å²) in [7, 11) is 0. The molecule has 0 aromatic heterocycles.